The van der Waals surface area contributed by atoms with Gasteiger partial charge in [-0.05, 0) is 30.2 Å². The molecule has 0 aromatic heterocycles. The van der Waals surface area contributed by atoms with Crippen LogP contribution in [0.3, 0.4) is 0 Å². The molecule has 0 atom stereocenters. The lowest BCUT2D eigenvalue weighted by molar-refractivity contribution is -0.122. The molecule has 0 spiro atoms. The van der Waals surface area contributed by atoms with Gasteiger partial charge in [-0.1, -0.05) is 46.0 Å². The van der Waals surface area contributed by atoms with E-state index in [1.807, 2.05) is 25.1 Å². The summed E-state index contributed by atoms with van der Waals surface area (Å²) in [4.78, 5) is 26.7. The largest absolute Gasteiger partial charge is 0.294 e. The maximum absolute atomic E-state index is 12.4. The third kappa shape index (κ3) is 2.06. The molecule has 0 saturated carbocycles. The number of nitrogens with zero attached hydrogens (tertiary/aromatic N) is 1. The Morgan fingerprint density at radius 3 is 2.80 bits per heavy atom. The summed E-state index contributed by atoms with van der Waals surface area (Å²) in [6.07, 6.45) is 0.355. The van der Waals surface area contributed by atoms with E-state index in [9.17, 15) is 9.59 Å². The fraction of sp³-hybridized carbons (Fsp3) is 0.214. The van der Waals surface area contributed by atoms with Gasteiger partial charge in [-0.15, -0.1) is 0 Å². The van der Waals surface area contributed by atoms with Gasteiger partial charge in [0.25, 0.3) is 5.91 Å². The van der Waals surface area contributed by atoms with Crippen LogP contribution in [0.4, 0.5) is 0 Å². The summed E-state index contributed by atoms with van der Waals surface area (Å²) in [5, 5.41) is 0. The van der Waals surface area contributed by atoms with Crippen LogP contribution in [0.5, 0.6) is 0 Å². The highest BCUT2D eigenvalue weighted by Gasteiger charge is 2.38. The van der Waals surface area contributed by atoms with Crippen LogP contribution in [0.15, 0.2) is 27.6 Å². The van der Waals surface area contributed by atoms with Gasteiger partial charge < -0.3 is 0 Å². The Balaban J connectivity index is 2.18. The van der Waals surface area contributed by atoms with E-state index >= 15 is 0 Å². The smallest absolute Gasteiger partial charge is 0.266 e. The zero-order valence-electron chi connectivity index (χ0n) is 10.6. The van der Waals surface area contributed by atoms with Crippen molar-refractivity contribution in [3.63, 3.8) is 0 Å². The zero-order valence-corrected chi connectivity index (χ0v) is 13.8. The molecule has 1 aliphatic heterocycles. The van der Waals surface area contributed by atoms with E-state index in [0.717, 1.165) is 15.6 Å². The molecule has 0 unspecified atom stereocenters. The van der Waals surface area contributed by atoms with E-state index in [0.29, 0.717) is 27.8 Å². The van der Waals surface area contributed by atoms with Gasteiger partial charge in [0, 0.05) is 23.0 Å². The number of likely N-dealkylation sites (N-methyl/N-ethyl adjacent to an activating group) is 1. The van der Waals surface area contributed by atoms with Crippen LogP contribution in [0.2, 0.25) is 0 Å². The number of ketones is 1. The van der Waals surface area contributed by atoms with Crippen molar-refractivity contribution < 1.29 is 9.59 Å². The summed E-state index contributed by atoms with van der Waals surface area (Å²) < 4.78 is 1.42. The van der Waals surface area contributed by atoms with Crippen molar-refractivity contribution in [1.29, 1.82) is 0 Å². The van der Waals surface area contributed by atoms with Crippen molar-refractivity contribution in [2.24, 2.45) is 0 Å². The topological polar surface area (TPSA) is 37.4 Å². The molecule has 1 amide bonds. The number of hydrogen-bond donors (Lipinski definition) is 0. The molecule has 0 bridgehead atoms. The summed E-state index contributed by atoms with van der Waals surface area (Å²) in [5.41, 5.74) is 2.34. The standard InChI is InChI=1S/C14H10BrNO2S2/c1-2-16-13(18)12(20-14(16)19)11-9-6-8(15)4-3-7(9)5-10(11)17/h3-4,6H,2,5H2,1H3/b12-11-. The van der Waals surface area contributed by atoms with Crippen LogP contribution in [0.25, 0.3) is 5.57 Å². The highest BCUT2D eigenvalue weighted by molar-refractivity contribution is 9.10. The zero-order chi connectivity index (χ0) is 14.4. The van der Waals surface area contributed by atoms with Crippen LogP contribution in [0, 0.1) is 0 Å². The Morgan fingerprint density at radius 2 is 2.15 bits per heavy atom. The number of hydrogen-bond acceptors (Lipinski definition) is 4. The first kappa shape index (κ1) is 14.0. The first-order chi connectivity index (χ1) is 9.52. The molecular formula is C14H10BrNO2S2. The highest BCUT2D eigenvalue weighted by atomic mass is 79.9. The van der Waals surface area contributed by atoms with Gasteiger partial charge in [0.15, 0.2) is 5.78 Å². The van der Waals surface area contributed by atoms with E-state index in [2.05, 4.69) is 15.9 Å². The number of thioether (sulfide) groups is 1. The number of Topliss-reactive ketones (excluding diaryl/α,β-unsaturated/α-hetero) is 1. The molecule has 0 N–H and O–H groups in total. The Labute approximate surface area is 134 Å². The lowest BCUT2D eigenvalue weighted by Gasteiger charge is -2.10. The second kappa shape index (κ2) is 5.09. The number of rotatable bonds is 1. The quantitative estimate of drug-likeness (QED) is 0.564. The van der Waals surface area contributed by atoms with Crippen LogP contribution in [-0.4, -0.2) is 27.5 Å². The Hall–Kier alpha value is -0.980. The third-order valence-corrected chi connectivity index (χ3v) is 5.31. The summed E-state index contributed by atoms with van der Waals surface area (Å²) >= 11 is 9.85. The minimum absolute atomic E-state index is 0.00490. The van der Waals surface area contributed by atoms with Gasteiger partial charge in [0.2, 0.25) is 0 Å². The maximum atomic E-state index is 12.4. The van der Waals surface area contributed by atoms with Gasteiger partial charge in [-0.25, -0.2) is 0 Å². The number of benzene rings is 1. The van der Waals surface area contributed by atoms with Crippen molar-refractivity contribution in [2.75, 3.05) is 6.54 Å². The van der Waals surface area contributed by atoms with Crippen molar-refractivity contribution in [2.45, 2.75) is 13.3 Å². The first-order valence-corrected chi connectivity index (χ1v) is 8.14. The number of amides is 1. The van der Waals surface area contributed by atoms with E-state index in [4.69, 9.17) is 12.2 Å². The number of carbonyl (C=O) groups is 2. The average Bonchev–Trinajstić information content (AvgIpc) is 2.85. The van der Waals surface area contributed by atoms with Gasteiger partial charge in [-0.2, -0.15) is 0 Å². The van der Waals surface area contributed by atoms with E-state index < -0.39 is 0 Å². The fourth-order valence-corrected chi connectivity index (χ4v) is 4.26. The van der Waals surface area contributed by atoms with E-state index in [1.54, 1.807) is 0 Å². The molecule has 1 heterocycles. The van der Waals surface area contributed by atoms with Gasteiger partial charge in [0.05, 0.1) is 4.91 Å². The summed E-state index contributed by atoms with van der Waals surface area (Å²) in [5.74, 6) is -0.159. The number of allylic oxidation sites excluding steroid dienone is 1. The maximum Gasteiger partial charge on any atom is 0.266 e. The summed E-state index contributed by atoms with van der Waals surface area (Å²) in [7, 11) is 0. The van der Waals surface area contributed by atoms with Gasteiger partial charge >= 0.3 is 0 Å². The van der Waals surface area contributed by atoms with Gasteiger partial charge in [0.1, 0.15) is 4.32 Å². The molecule has 102 valence electrons. The molecule has 1 fully saturated rings. The monoisotopic (exact) mass is 367 g/mol. The highest BCUT2D eigenvalue weighted by Crippen LogP contribution is 2.41. The second-order valence-corrected chi connectivity index (χ2v) is 7.08. The Kier molecular flexibility index (Phi) is 3.56. The molecule has 1 aromatic carbocycles. The Bertz CT molecular complexity index is 696. The molecule has 1 aromatic rings. The number of halogens is 1. The molecule has 6 heteroatoms. The average molecular weight is 368 g/mol. The molecular weight excluding hydrogens is 358 g/mol. The number of thiocarbonyl (C=S) groups is 1. The molecule has 3 rings (SSSR count). The third-order valence-electron chi connectivity index (χ3n) is 3.36. The molecule has 1 aliphatic carbocycles. The van der Waals surface area contributed by atoms with Gasteiger partial charge in [-0.3, -0.25) is 14.5 Å². The van der Waals surface area contributed by atoms with Crippen molar-refractivity contribution in [1.82, 2.24) is 4.90 Å². The van der Waals surface area contributed by atoms with Crippen LogP contribution in [0.1, 0.15) is 18.1 Å². The van der Waals surface area contributed by atoms with E-state index in [-0.39, 0.29) is 11.7 Å². The van der Waals surface area contributed by atoms with Crippen molar-refractivity contribution >= 4 is 61.5 Å². The lowest BCUT2D eigenvalue weighted by Crippen LogP contribution is -2.27. The van der Waals surface area contributed by atoms with Crippen LogP contribution >= 0.6 is 39.9 Å². The molecule has 1 saturated heterocycles. The molecule has 20 heavy (non-hydrogen) atoms. The fourth-order valence-electron chi connectivity index (χ4n) is 2.42. The number of carbonyl (C=O) groups excluding carboxylic acids is 2. The summed E-state index contributed by atoms with van der Waals surface area (Å²) in [6, 6.07) is 5.73. The second-order valence-electron chi connectivity index (χ2n) is 4.52. The lowest BCUT2D eigenvalue weighted by atomic mass is 10.1. The van der Waals surface area contributed by atoms with Crippen LogP contribution in [-0.2, 0) is 16.0 Å². The van der Waals surface area contributed by atoms with Crippen molar-refractivity contribution in [3.05, 3.63) is 38.7 Å². The summed E-state index contributed by atoms with van der Waals surface area (Å²) in [6.45, 7) is 2.40. The van der Waals surface area contributed by atoms with Crippen molar-refractivity contribution in [3.8, 4) is 0 Å². The Morgan fingerprint density at radius 1 is 1.40 bits per heavy atom. The predicted octanol–water partition coefficient (Wildman–Crippen LogP) is 3.17. The molecule has 0 radical (unpaired) electrons. The SMILES string of the molecule is CCN1C(=O)/C(=C2/C(=O)Cc3ccc(Br)cc32)SC1=S. The van der Waals surface area contributed by atoms with E-state index in [1.165, 1.54) is 16.7 Å². The minimum atomic E-state index is -0.154. The minimum Gasteiger partial charge on any atom is -0.294 e. The molecule has 3 nitrogen and oxygen atoms in total. The predicted molar refractivity (Wildman–Crippen MR) is 87.3 cm³/mol. The number of fused-ring (bicyclic) bond motifs is 1. The van der Waals surface area contributed by atoms with Crippen LogP contribution < -0.4 is 0 Å². The first-order valence-electron chi connectivity index (χ1n) is 6.13. The molecule has 2 aliphatic rings. The normalized spacial score (nSPS) is 21.9.